The van der Waals surface area contributed by atoms with Gasteiger partial charge in [-0.15, -0.1) is 11.3 Å². The molecule has 128 valence electrons. The predicted molar refractivity (Wildman–Crippen MR) is 95.3 cm³/mol. The number of aryl methyl sites for hydroxylation is 1. The molecule has 7 heteroatoms. The van der Waals surface area contributed by atoms with Gasteiger partial charge in [-0.1, -0.05) is 18.2 Å². The first-order chi connectivity index (χ1) is 12.0. The van der Waals surface area contributed by atoms with E-state index in [1.807, 2.05) is 41.9 Å². The number of hydrogen-bond acceptors (Lipinski definition) is 4. The van der Waals surface area contributed by atoms with Gasteiger partial charge < -0.3 is 10.4 Å². The molecule has 1 saturated carbocycles. The van der Waals surface area contributed by atoms with Gasteiger partial charge in [0.25, 0.3) is 5.91 Å². The van der Waals surface area contributed by atoms with Crippen LogP contribution in [0.4, 0.5) is 0 Å². The summed E-state index contributed by atoms with van der Waals surface area (Å²) in [6.45, 7) is 1.90. The van der Waals surface area contributed by atoms with Crippen molar-refractivity contribution in [3.63, 3.8) is 0 Å². The van der Waals surface area contributed by atoms with E-state index in [9.17, 15) is 14.7 Å². The van der Waals surface area contributed by atoms with E-state index >= 15 is 0 Å². The number of amides is 1. The summed E-state index contributed by atoms with van der Waals surface area (Å²) in [6, 6.07) is 10.7. The highest BCUT2D eigenvalue weighted by molar-refractivity contribution is 7.20. The Balaban J connectivity index is 1.67. The first-order valence-electron chi connectivity index (χ1n) is 8.13. The largest absolute Gasteiger partial charge is 0.480 e. The second-order valence-corrected chi connectivity index (χ2v) is 7.32. The lowest BCUT2D eigenvalue weighted by Gasteiger charge is -2.12. The van der Waals surface area contributed by atoms with Crippen LogP contribution in [-0.2, 0) is 4.79 Å². The van der Waals surface area contributed by atoms with Crippen LogP contribution in [0.5, 0.6) is 0 Å². The number of nitrogens with one attached hydrogen (secondary N) is 1. The molecule has 2 aromatic heterocycles. The van der Waals surface area contributed by atoms with Gasteiger partial charge in [0.15, 0.2) is 0 Å². The second kappa shape index (κ2) is 6.00. The number of para-hydroxylation sites is 1. The minimum Gasteiger partial charge on any atom is -0.480 e. The van der Waals surface area contributed by atoms with Gasteiger partial charge in [-0.3, -0.25) is 4.79 Å². The molecule has 25 heavy (non-hydrogen) atoms. The molecule has 2 heterocycles. The second-order valence-electron chi connectivity index (χ2n) is 6.29. The molecule has 1 aromatic carbocycles. The molecule has 1 fully saturated rings. The predicted octanol–water partition coefficient (Wildman–Crippen LogP) is 2.99. The molecule has 1 unspecified atom stereocenters. The minimum atomic E-state index is -0.969. The van der Waals surface area contributed by atoms with Crippen molar-refractivity contribution in [2.45, 2.75) is 25.8 Å². The van der Waals surface area contributed by atoms with E-state index in [1.54, 1.807) is 6.07 Å². The highest BCUT2D eigenvalue weighted by Crippen LogP contribution is 2.34. The number of aromatic nitrogens is 2. The van der Waals surface area contributed by atoms with E-state index < -0.39 is 12.0 Å². The van der Waals surface area contributed by atoms with Crippen LogP contribution in [0.25, 0.3) is 15.9 Å². The highest BCUT2D eigenvalue weighted by Gasteiger charge is 2.37. The van der Waals surface area contributed by atoms with Crippen molar-refractivity contribution in [2.75, 3.05) is 0 Å². The molecular formula is C18H17N3O3S. The van der Waals surface area contributed by atoms with E-state index in [2.05, 4.69) is 10.4 Å². The van der Waals surface area contributed by atoms with Crippen molar-refractivity contribution in [1.82, 2.24) is 15.1 Å². The third-order valence-corrected chi connectivity index (χ3v) is 5.52. The third-order valence-electron chi connectivity index (χ3n) is 4.42. The standard InChI is InChI=1S/C18H17N3O3S/c1-10-13-9-14(16(22)19-15(18(23)24)11-7-8-11)25-17(13)21(20-10)12-5-3-2-4-6-12/h2-6,9,11,15H,7-8H2,1H3,(H,19,22)(H,23,24). The number of carbonyl (C=O) groups excluding carboxylic acids is 1. The molecule has 2 N–H and O–H groups in total. The molecule has 0 aliphatic heterocycles. The summed E-state index contributed by atoms with van der Waals surface area (Å²) in [4.78, 5) is 25.3. The summed E-state index contributed by atoms with van der Waals surface area (Å²) >= 11 is 1.33. The van der Waals surface area contributed by atoms with Crippen molar-refractivity contribution in [2.24, 2.45) is 5.92 Å². The van der Waals surface area contributed by atoms with E-state index in [-0.39, 0.29) is 11.8 Å². The molecule has 1 aliphatic rings. The van der Waals surface area contributed by atoms with Crippen LogP contribution in [0, 0.1) is 12.8 Å². The lowest BCUT2D eigenvalue weighted by molar-refractivity contribution is -0.139. The number of rotatable bonds is 5. The summed E-state index contributed by atoms with van der Waals surface area (Å²) < 4.78 is 1.82. The lowest BCUT2D eigenvalue weighted by atomic mass is 10.2. The number of nitrogens with zero attached hydrogens (tertiary/aromatic N) is 2. The number of aliphatic carboxylic acids is 1. The Bertz CT molecular complexity index is 957. The van der Waals surface area contributed by atoms with Crippen molar-refractivity contribution < 1.29 is 14.7 Å². The highest BCUT2D eigenvalue weighted by atomic mass is 32.1. The number of carbonyl (C=O) groups is 2. The molecule has 0 radical (unpaired) electrons. The zero-order valence-corrected chi connectivity index (χ0v) is 14.4. The van der Waals surface area contributed by atoms with Crippen molar-refractivity contribution in [1.29, 1.82) is 0 Å². The van der Waals surface area contributed by atoms with Gasteiger partial charge in [0.1, 0.15) is 10.9 Å². The van der Waals surface area contributed by atoms with Crippen molar-refractivity contribution in [3.05, 3.63) is 47.0 Å². The van der Waals surface area contributed by atoms with Gasteiger partial charge in [-0.05, 0) is 43.9 Å². The third kappa shape index (κ3) is 2.91. The van der Waals surface area contributed by atoms with E-state index in [4.69, 9.17) is 0 Å². The van der Waals surface area contributed by atoms with Crippen LogP contribution in [0.2, 0.25) is 0 Å². The van der Waals surface area contributed by atoms with Crippen LogP contribution < -0.4 is 5.32 Å². The Kier molecular flexibility index (Phi) is 3.80. The summed E-state index contributed by atoms with van der Waals surface area (Å²) in [5, 5.41) is 17.4. The quantitative estimate of drug-likeness (QED) is 0.737. The monoisotopic (exact) mass is 355 g/mol. The minimum absolute atomic E-state index is 0.0531. The van der Waals surface area contributed by atoms with Gasteiger partial charge in [-0.25, -0.2) is 9.48 Å². The smallest absolute Gasteiger partial charge is 0.326 e. The Labute approximate surface area is 148 Å². The van der Waals surface area contributed by atoms with Gasteiger partial charge in [0.05, 0.1) is 16.3 Å². The van der Waals surface area contributed by atoms with Gasteiger partial charge in [-0.2, -0.15) is 5.10 Å². The average molecular weight is 355 g/mol. The number of fused-ring (bicyclic) bond motifs is 1. The SMILES string of the molecule is Cc1nn(-c2ccccc2)c2sc(C(=O)NC(C(=O)O)C3CC3)cc12. The Morgan fingerprint density at radius 1 is 1.32 bits per heavy atom. The first kappa shape index (κ1) is 15.8. The zero-order chi connectivity index (χ0) is 17.6. The molecule has 4 rings (SSSR count). The zero-order valence-electron chi connectivity index (χ0n) is 13.6. The van der Waals surface area contributed by atoms with E-state index in [1.165, 1.54) is 11.3 Å². The van der Waals surface area contributed by atoms with Gasteiger partial charge >= 0.3 is 5.97 Å². The first-order valence-corrected chi connectivity index (χ1v) is 8.94. The van der Waals surface area contributed by atoms with Gasteiger partial charge in [0.2, 0.25) is 0 Å². The molecule has 1 amide bonds. The molecule has 1 aliphatic carbocycles. The lowest BCUT2D eigenvalue weighted by Crippen LogP contribution is -2.42. The van der Waals surface area contributed by atoms with Crippen LogP contribution in [0.3, 0.4) is 0 Å². The molecule has 3 aromatic rings. The molecular weight excluding hydrogens is 338 g/mol. The maximum Gasteiger partial charge on any atom is 0.326 e. The van der Waals surface area contributed by atoms with Crippen molar-refractivity contribution in [3.8, 4) is 5.69 Å². The number of thiophene rings is 1. The maximum atomic E-state index is 12.5. The molecule has 6 nitrogen and oxygen atoms in total. The maximum absolute atomic E-state index is 12.5. The summed E-state index contributed by atoms with van der Waals surface area (Å²) in [5.74, 6) is -1.25. The van der Waals surface area contributed by atoms with E-state index in [0.717, 1.165) is 34.4 Å². The fraction of sp³-hybridized carbons (Fsp3) is 0.278. The van der Waals surface area contributed by atoms with E-state index in [0.29, 0.717) is 4.88 Å². The number of hydrogen-bond donors (Lipinski definition) is 2. The summed E-state index contributed by atoms with van der Waals surface area (Å²) in [6.07, 6.45) is 1.71. The molecule has 1 atom stereocenters. The molecule has 0 bridgehead atoms. The molecule has 0 saturated heterocycles. The topological polar surface area (TPSA) is 84.2 Å². The fourth-order valence-corrected chi connectivity index (χ4v) is 4.01. The number of carboxylic acid groups (broad SMARTS) is 1. The average Bonchev–Trinajstić information content (AvgIpc) is 3.26. The Morgan fingerprint density at radius 3 is 2.68 bits per heavy atom. The van der Waals surface area contributed by atoms with Crippen LogP contribution in [0.15, 0.2) is 36.4 Å². The Hall–Kier alpha value is -2.67. The summed E-state index contributed by atoms with van der Waals surface area (Å²) in [7, 11) is 0. The van der Waals surface area contributed by atoms with Crippen LogP contribution in [-0.4, -0.2) is 32.8 Å². The number of carboxylic acids is 1. The number of benzene rings is 1. The van der Waals surface area contributed by atoms with Crippen molar-refractivity contribution >= 4 is 33.4 Å². The summed E-state index contributed by atoms with van der Waals surface area (Å²) in [5.41, 5.74) is 1.77. The molecule has 0 spiro atoms. The fourth-order valence-electron chi connectivity index (χ4n) is 2.93. The van der Waals surface area contributed by atoms with Crippen LogP contribution in [0.1, 0.15) is 28.2 Å². The van der Waals surface area contributed by atoms with Crippen LogP contribution >= 0.6 is 11.3 Å². The van der Waals surface area contributed by atoms with Gasteiger partial charge in [0, 0.05) is 5.39 Å². The Morgan fingerprint density at radius 2 is 2.04 bits per heavy atom. The normalized spacial score (nSPS) is 15.2.